The molecule has 0 aliphatic rings. The number of carbonyl (C=O) groups is 1. The van der Waals surface area contributed by atoms with Gasteiger partial charge in [-0.3, -0.25) is 4.79 Å². The highest BCUT2D eigenvalue weighted by molar-refractivity contribution is 7.08. The van der Waals surface area contributed by atoms with Crippen LogP contribution in [0.1, 0.15) is 10.4 Å². The highest BCUT2D eigenvalue weighted by atomic mass is 32.1. The van der Waals surface area contributed by atoms with Gasteiger partial charge in [0.1, 0.15) is 6.61 Å². The lowest BCUT2D eigenvalue weighted by molar-refractivity contribution is -0.173. The third-order valence-corrected chi connectivity index (χ3v) is 2.83. The Labute approximate surface area is 117 Å². The summed E-state index contributed by atoms with van der Waals surface area (Å²) in [6.45, 7) is -1.68. The molecular weight excluding hydrogens is 301 g/mol. The minimum atomic E-state index is -4.38. The summed E-state index contributed by atoms with van der Waals surface area (Å²) in [5.74, 6) is -0.455. The molecule has 0 atom stereocenters. The molecule has 0 saturated carbocycles. The predicted molar refractivity (Wildman–Crippen MR) is 64.4 cm³/mol. The highest BCUT2D eigenvalue weighted by Crippen LogP contribution is 2.31. The molecule has 0 aliphatic heterocycles. The number of rotatable bonds is 7. The molecule has 1 amide bonds. The van der Waals surface area contributed by atoms with Crippen LogP contribution in [0.25, 0.3) is 0 Å². The number of aromatic nitrogens is 1. The summed E-state index contributed by atoms with van der Waals surface area (Å²) in [4.78, 5) is 11.8. The van der Waals surface area contributed by atoms with E-state index in [9.17, 15) is 18.0 Å². The molecule has 0 saturated heterocycles. The molecular formula is C10H13F3N2O4S. The van der Waals surface area contributed by atoms with Gasteiger partial charge in [-0.2, -0.15) is 17.5 Å². The van der Waals surface area contributed by atoms with Crippen molar-refractivity contribution in [2.45, 2.75) is 6.18 Å². The maximum atomic E-state index is 11.8. The number of methoxy groups -OCH3 is 2. The van der Waals surface area contributed by atoms with E-state index in [1.807, 2.05) is 0 Å². The fourth-order valence-corrected chi connectivity index (χ4v) is 1.92. The Bertz CT molecular complexity index is 429. The molecule has 1 heterocycles. The Morgan fingerprint density at radius 3 is 2.60 bits per heavy atom. The molecule has 0 aliphatic carbocycles. The fraction of sp³-hybridized carbons (Fsp3) is 0.600. The number of alkyl halides is 3. The zero-order valence-corrected chi connectivity index (χ0v) is 11.6. The van der Waals surface area contributed by atoms with E-state index in [4.69, 9.17) is 9.47 Å². The Kier molecular flexibility index (Phi) is 6.02. The average molecular weight is 314 g/mol. The van der Waals surface area contributed by atoms with Gasteiger partial charge in [-0.15, -0.1) is 0 Å². The number of hydrogen-bond acceptors (Lipinski definition) is 6. The van der Waals surface area contributed by atoms with Crippen LogP contribution in [-0.4, -0.2) is 50.4 Å². The Hall–Kier alpha value is -1.55. The number of nitrogens with one attached hydrogen (secondary N) is 1. The molecule has 0 radical (unpaired) electrons. The first-order valence-corrected chi connectivity index (χ1v) is 6.16. The molecule has 1 N–H and O–H groups in total. The van der Waals surface area contributed by atoms with E-state index in [0.717, 1.165) is 11.5 Å². The van der Waals surface area contributed by atoms with E-state index in [1.54, 1.807) is 0 Å². The normalized spacial score (nSPS) is 11.2. The molecule has 20 heavy (non-hydrogen) atoms. The van der Waals surface area contributed by atoms with Crippen molar-refractivity contribution in [1.29, 1.82) is 0 Å². The van der Waals surface area contributed by atoms with Crippen LogP contribution in [-0.2, 0) is 4.74 Å². The minimum Gasteiger partial charge on any atom is -0.485 e. The average Bonchev–Trinajstić information content (AvgIpc) is 2.79. The molecule has 0 aromatic carbocycles. The van der Waals surface area contributed by atoms with E-state index in [2.05, 4.69) is 14.4 Å². The Morgan fingerprint density at radius 1 is 1.35 bits per heavy atom. The summed E-state index contributed by atoms with van der Waals surface area (Å²) >= 11 is 0.938. The molecule has 1 rings (SSSR count). The van der Waals surface area contributed by atoms with Gasteiger partial charge in [-0.25, -0.2) is 0 Å². The molecule has 0 bridgehead atoms. The summed E-state index contributed by atoms with van der Waals surface area (Å²) in [6, 6.07) is 0. The third kappa shape index (κ3) is 4.85. The van der Waals surface area contributed by atoms with Crippen LogP contribution in [0.15, 0.2) is 0 Å². The lowest BCUT2D eigenvalue weighted by Gasteiger charge is -2.09. The molecule has 1 aromatic heterocycles. The maximum Gasteiger partial charge on any atom is 0.411 e. The smallest absolute Gasteiger partial charge is 0.411 e. The predicted octanol–water partition coefficient (Wildman–Crippen LogP) is 1.47. The lowest BCUT2D eigenvalue weighted by Crippen LogP contribution is -2.29. The Morgan fingerprint density at radius 2 is 2.05 bits per heavy atom. The zero-order chi connectivity index (χ0) is 15.2. The number of carbonyl (C=O) groups excluding carboxylic acids is 1. The van der Waals surface area contributed by atoms with Crippen molar-refractivity contribution in [1.82, 2.24) is 9.69 Å². The van der Waals surface area contributed by atoms with Crippen LogP contribution >= 0.6 is 11.5 Å². The van der Waals surface area contributed by atoms with Crippen LogP contribution in [0.5, 0.6) is 10.9 Å². The van der Waals surface area contributed by atoms with Gasteiger partial charge in [-0.1, -0.05) is 0 Å². The second kappa shape index (κ2) is 7.29. The molecule has 0 fully saturated rings. The first-order chi connectivity index (χ1) is 9.39. The molecule has 1 aromatic rings. The van der Waals surface area contributed by atoms with Gasteiger partial charge >= 0.3 is 6.18 Å². The monoisotopic (exact) mass is 314 g/mol. The van der Waals surface area contributed by atoms with E-state index in [1.165, 1.54) is 14.2 Å². The van der Waals surface area contributed by atoms with E-state index < -0.39 is 18.7 Å². The standard InChI is InChI=1S/C10H13F3N2O4S/c1-17-8-6(9(18-2)20-15-8)7(16)14-3-4-19-5-10(11,12)13/h3-5H2,1-2H3,(H,14,16). The number of nitrogens with zero attached hydrogens (tertiary/aromatic N) is 1. The van der Waals surface area contributed by atoms with Crippen molar-refractivity contribution >= 4 is 17.4 Å². The molecule has 6 nitrogen and oxygen atoms in total. The quantitative estimate of drug-likeness (QED) is 0.772. The molecule has 114 valence electrons. The van der Waals surface area contributed by atoms with Crippen molar-refractivity contribution in [3.05, 3.63) is 5.56 Å². The molecule has 0 unspecified atom stereocenters. The summed E-state index contributed by atoms with van der Waals surface area (Å²) in [7, 11) is 2.72. The van der Waals surface area contributed by atoms with E-state index in [-0.39, 0.29) is 29.7 Å². The third-order valence-electron chi connectivity index (χ3n) is 2.03. The van der Waals surface area contributed by atoms with Gasteiger partial charge < -0.3 is 19.5 Å². The van der Waals surface area contributed by atoms with Crippen LogP contribution in [0, 0.1) is 0 Å². The van der Waals surface area contributed by atoms with Crippen LogP contribution < -0.4 is 14.8 Å². The van der Waals surface area contributed by atoms with Gasteiger partial charge in [0, 0.05) is 18.1 Å². The molecule has 0 spiro atoms. The van der Waals surface area contributed by atoms with Gasteiger partial charge in [0.25, 0.3) is 5.91 Å². The molecule has 10 heteroatoms. The van der Waals surface area contributed by atoms with Crippen LogP contribution in [0.2, 0.25) is 0 Å². The topological polar surface area (TPSA) is 69.7 Å². The van der Waals surface area contributed by atoms with Crippen LogP contribution in [0.3, 0.4) is 0 Å². The van der Waals surface area contributed by atoms with E-state index >= 15 is 0 Å². The first-order valence-electron chi connectivity index (χ1n) is 5.39. The second-order valence-corrected chi connectivity index (χ2v) is 4.22. The number of hydrogen-bond donors (Lipinski definition) is 1. The number of ether oxygens (including phenoxy) is 3. The number of halogens is 3. The summed E-state index contributed by atoms with van der Waals surface area (Å²) in [6.07, 6.45) is -4.38. The van der Waals surface area contributed by atoms with Crippen molar-refractivity contribution in [3.63, 3.8) is 0 Å². The summed E-state index contributed by atoms with van der Waals surface area (Å²) in [5.41, 5.74) is 0.107. The summed E-state index contributed by atoms with van der Waals surface area (Å²) < 4.78 is 53.5. The summed E-state index contributed by atoms with van der Waals surface area (Å²) in [5, 5.41) is 2.66. The maximum absolute atomic E-state index is 11.8. The van der Waals surface area contributed by atoms with Gasteiger partial charge in [-0.05, 0) is 0 Å². The minimum absolute atomic E-state index is 0.0724. The van der Waals surface area contributed by atoms with Gasteiger partial charge in [0.05, 0.1) is 20.8 Å². The SMILES string of the molecule is COc1nsc(OC)c1C(=O)NCCOCC(F)(F)F. The van der Waals surface area contributed by atoms with Gasteiger partial charge in [0.2, 0.25) is 10.9 Å². The van der Waals surface area contributed by atoms with Crippen molar-refractivity contribution in [3.8, 4) is 10.9 Å². The lowest BCUT2D eigenvalue weighted by atomic mass is 10.3. The van der Waals surface area contributed by atoms with Crippen molar-refractivity contribution < 1.29 is 32.2 Å². The van der Waals surface area contributed by atoms with Crippen LogP contribution in [0.4, 0.5) is 13.2 Å². The largest absolute Gasteiger partial charge is 0.485 e. The first kappa shape index (κ1) is 16.5. The second-order valence-electron chi connectivity index (χ2n) is 3.48. The van der Waals surface area contributed by atoms with E-state index in [0.29, 0.717) is 0 Å². The van der Waals surface area contributed by atoms with Crippen molar-refractivity contribution in [2.75, 3.05) is 34.0 Å². The highest BCUT2D eigenvalue weighted by Gasteiger charge is 2.27. The zero-order valence-electron chi connectivity index (χ0n) is 10.7. The Balaban J connectivity index is 2.45. The fourth-order valence-electron chi connectivity index (χ4n) is 1.24. The van der Waals surface area contributed by atoms with Crippen molar-refractivity contribution in [2.24, 2.45) is 0 Å². The van der Waals surface area contributed by atoms with Gasteiger partial charge in [0.15, 0.2) is 5.56 Å². The number of amides is 1.